The summed E-state index contributed by atoms with van der Waals surface area (Å²) in [6.07, 6.45) is -23.3. The van der Waals surface area contributed by atoms with E-state index in [1.165, 1.54) is 13.8 Å². The van der Waals surface area contributed by atoms with Gasteiger partial charge in [0, 0.05) is 24.1 Å². The van der Waals surface area contributed by atoms with Crippen LogP contribution in [0.15, 0.2) is 0 Å². The summed E-state index contributed by atoms with van der Waals surface area (Å²) in [4.78, 5) is 11.7. The van der Waals surface area contributed by atoms with Crippen molar-refractivity contribution in [1.29, 1.82) is 0 Å². The summed E-state index contributed by atoms with van der Waals surface area (Å²) in [6, 6.07) is 0. The Labute approximate surface area is 217 Å². The molecule has 1 atom stereocenters. The molecule has 0 radical (unpaired) electrons. The molecule has 0 saturated heterocycles. The Balaban J connectivity index is -0.00000480. The van der Waals surface area contributed by atoms with Crippen LogP contribution in [0.2, 0.25) is 0 Å². The van der Waals surface area contributed by atoms with Crippen molar-refractivity contribution >= 4 is 27.8 Å². The Morgan fingerprint density at radius 1 is 0.941 bits per heavy atom. The summed E-state index contributed by atoms with van der Waals surface area (Å²) < 4.78 is 160. The van der Waals surface area contributed by atoms with E-state index in [0.29, 0.717) is 11.8 Å². The topological polar surface area (TPSA) is 86.3 Å². The van der Waals surface area contributed by atoms with Crippen LogP contribution in [0.1, 0.15) is 40.5 Å². The van der Waals surface area contributed by atoms with Crippen LogP contribution in [-0.4, -0.2) is 65.9 Å². The van der Waals surface area contributed by atoms with Crippen molar-refractivity contribution in [2.24, 2.45) is 5.92 Å². The third kappa shape index (κ3) is 13.4. The molecule has 200 valence electrons. The molecule has 1 amide bonds. The van der Waals surface area contributed by atoms with Crippen LogP contribution < -0.4 is 34.9 Å². The smallest absolute Gasteiger partial charge is 0.748 e. The third-order valence-corrected chi connectivity index (χ3v) is 6.08. The Kier molecular flexibility index (Phi) is 15.4. The molecular weight excluding hydrogens is 547 g/mol. The van der Waals surface area contributed by atoms with E-state index in [0.717, 1.165) is 0 Å². The van der Waals surface area contributed by atoms with Gasteiger partial charge in [0.15, 0.2) is 0 Å². The second-order valence-electron chi connectivity index (χ2n) is 7.52. The van der Waals surface area contributed by atoms with Crippen molar-refractivity contribution in [2.75, 3.05) is 17.3 Å². The minimum atomic E-state index is -6.61. The summed E-state index contributed by atoms with van der Waals surface area (Å²) in [5.41, 5.74) is -7.50. The second-order valence-corrected chi connectivity index (χ2v) is 10.2. The molecular formula is C16H24F10NNaO4S2. The zero-order valence-electron chi connectivity index (χ0n) is 17.5. The van der Waals surface area contributed by atoms with Gasteiger partial charge in [-0.15, -0.1) is 0 Å². The summed E-state index contributed by atoms with van der Waals surface area (Å²) in [6.45, 7) is 2.43. The van der Waals surface area contributed by atoms with Crippen LogP contribution in [0.3, 0.4) is 0 Å². The van der Waals surface area contributed by atoms with Crippen molar-refractivity contribution in [3.8, 4) is 0 Å². The number of thioether (sulfide) groups is 1. The maximum Gasteiger partial charge on any atom is 1.00 e. The molecule has 0 spiro atoms. The number of carbonyl (C=O) groups is 1. The fourth-order valence-electron chi connectivity index (χ4n) is 2.52. The van der Waals surface area contributed by atoms with Gasteiger partial charge in [0.25, 0.3) is 5.67 Å². The van der Waals surface area contributed by atoms with Gasteiger partial charge in [-0.25, -0.2) is 12.8 Å². The van der Waals surface area contributed by atoms with Gasteiger partial charge in [-0.2, -0.15) is 51.3 Å². The van der Waals surface area contributed by atoms with Gasteiger partial charge in [-0.3, -0.25) is 4.79 Å². The van der Waals surface area contributed by atoms with Crippen LogP contribution in [0.5, 0.6) is 0 Å². The molecule has 0 heterocycles. The fraction of sp³-hybridized carbons (Fsp3) is 0.938. The first kappa shape index (κ1) is 38.6. The Morgan fingerprint density at radius 3 is 1.74 bits per heavy atom. The van der Waals surface area contributed by atoms with E-state index < -0.39 is 82.4 Å². The molecule has 1 N–H and O–H groups in total. The standard InChI is InChI=1S/C15H21F10NO4S2.CH4.Na/c1-11(2,8-32(28,29)30)26-10(27)4-6-31-5-3-9(13(17,18)19)7-12(16,14(20,21)22)15(23,24)25;;/h9H,3-8H2,1-2H3,(H,26,27)(H,28,29,30);1H4;/q;;+1/p-1. The third-order valence-electron chi connectivity index (χ3n) is 3.99. The number of halogens is 10. The molecule has 0 aromatic heterocycles. The van der Waals surface area contributed by atoms with Crippen molar-refractivity contribution in [3.05, 3.63) is 0 Å². The Morgan fingerprint density at radius 2 is 1.38 bits per heavy atom. The van der Waals surface area contributed by atoms with Crippen molar-refractivity contribution in [2.45, 2.75) is 70.3 Å². The maximum atomic E-state index is 13.7. The first-order valence-corrected chi connectivity index (χ1v) is 11.4. The first-order chi connectivity index (χ1) is 13.9. The quantitative estimate of drug-likeness (QED) is 0.178. The van der Waals surface area contributed by atoms with E-state index in [9.17, 15) is 61.7 Å². The molecule has 0 aliphatic heterocycles. The predicted molar refractivity (Wildman–Crippen MR) is 100 cm³/mol. The zero-order valence-corrected chi connectivity index (χ0v) is 21.2. The van der Waals surface area contributed by atoms with Crippen molar-refractivity contribution < 1.29 is 91.2 Å². The SMILES string of the molecule is C.CC(C)(CS(=O)(=O)[O-])NC(=O)CCSCCC(CC(F)(C(F)(F)F)C(F)(F)F)C(F)(F)F.[Na+]. The number of rotatable bonds is 11. The van der Waals surface area contributed by atoms with Crippen molar-refractivity contribution in [3.63, 3.8) is 0 Å². The number of carbonyl (C=O) groups excluding carboxylic acids is 1. The minimum Gasteiger partial charge on any atom is -0.748 e. The molecule has 18 heteroatoms. The summed E-state index contributed by atoms with van der Waals surface area (Å²) >= 11 is 0.580. The van der Waals surface area contributed by atoms with Gasteiger partial charge in [0.1, 0.15) is 0 Å². The van der Waals surface area contributed by atoms with Crippen LogP contribution in [-0.2, 0) is 14.9 Å². The monoisotopic (exact) mass is 571 g/mol. The molecule has 0 aliphatic carbocycles. The van der Waals surface area contributed by atoms with Gasteiger partial charge >= 0.3 is 48.1 Å². The Hall–Kier alpha value is 0.0300. The van der Waals surface area contributed by atoms with Crippen molar-refractivity contribution in [1.82, 2.24) is 5.32 Å². The molecule has 1 unspecified atom stereocenters. The molecule has 0 rings (SSSR count). The number of hydrogen-bond donors (Lipinski definition) is 1. The average molecular weight is 571 g/mol. The molecule has 5 nitrogen and oxygen atoms in total. The summed E-state index contributed by atoms with van der Waals surface area (Å²) in [7, 11) is -4.68. The number of hydrogen-bond acceptors (Lipinski definition) is 5. The fourth-order valence-corrected chi connectivity index (χ4v) is 4.46. The predicted octanol–water partition coefficient (Wildman–Crippen LogP) is 1.98. The van der Waals surface area contributed by atoms with E-state index in [1.807, 2.05) is 0 Å². The van der Waals surface area contributed by atoms with Gasteiger partial charge < -0.3 is 9.87 Å². The maximum absolute atomic E-state index is 13.7. The van der Waals surface area contributed by atoms with E-state index in [1.54, 1.807) is 0 Å². The Bertz CT molecular complexity index is 726. The van der Waals surface area contributed by atoms with Gasteiger partial charge in [-0.05, 0) is 26.0 Å². The van der Waals surface area contributed by atoms with Crippen LogP contribution >= 0.6 is 11.8 Å². The number of amides is 1. The number of nitrogens with one attached hydrogen (secondary N) is 1. The van der Waals surface area contributed by atoms with E-state index >= 15 is 0 Å². The number of alkyl halides is 10. The van der Waals surface area contributed by atoms with Gasteiger partial charge in [0.2, 0.25) is 5.91 Å². The summed E-state index contributed by atoms with van der Waals surface area (Å²) in [5.74, 6) is -5.86. The van der Waals surface area contributed by atoms with Crippen LogP contribution in [0.25, 0.3) is 0 Å². The zero-order chi connectivity index (χ0) is 25.8. The van der Waals surface area contributed by atoms with E-state index in [2.05, 4.69) is 5.32 Å². The van der Waals surface area contributed by atoms with Gasteiger partial charge in [0.05, 0.1) is 21.8 Å². The second kappa shape index (κ2) is 13.5. The largest absolute Gasteiger partial charge is 1.00 e. The average Bonchev–Trinajstić information content (AvgIpc) is 2.46. The minimum absolute atomic E-state index is 0. The van der Waals surface area contributed by atoms with E-state index in [-0.39, 0.29) is 42.7 Å². The van der Waals surface area contributed by atoms with Gasteiger partial charge in [-0.1, -0.05) is 7.43 Å². The van der Waals surface area contributed by atoms with Crippen LogP contribution in [0.4, 0.5) is 43.9 Å². The van der Waals surface area contributed by atoms with Crippen LogP contribution in [0, 0.1) is 5.92 Å². The summed E-state index contributed by atoms with van der Waals surface area (Å²) in [5, 5.41) is 2.19. The first-order valence-electron chi connectivity index (χ1n) is 8.63. The van der Waals surface area contributed by atoms with E-state index in [4.69, 9.17) is 0 Å². The molecule has 0 aliphatic rings. The molecule has 0 aromatic carbocycles. The molecule has 0 aromatic rings. The molecule has 0 bridgehead atoms. The molecule has 0 fully saturated rings. The molecule has 0 saturated carbocycles. The normalized spacial score (nSPS) is 14.6. The molecule has 34 heavy (non-hydrogen) atoms.